The molecule has 0 saturated heterocycles. The number of ether oxygens (including phenoxy) is 1. The summed E-state index contributed by atoms with van der Waals surface area (Å²) in [6.07, 6.45) is 6.63. The van der Waals surface area contributed by atoms with Gasteiger partial charge in [0, 0.05) is 6.42 Å². The molecular formula is C12H24O3. The fraction of sp³-hybridized carbons (Fsp3) is 0.917. The highest BCUT2D eigenvalue weighted by Gasteiger charge is 2.00. The van der Waals surface area contributed by atoms with E-state index in [9.17, 15) is 4.79 Å². The van der Waals surface area contributed by atoms with Crippen LogP contribution in [-0.2, 0) is 9.53 Å². The number of hydrogen-bond acceptors (Lipinski definition) is 3. The molecule has 0 amide bonds. The molecule has 0 aromatic rings. The average molecular weight is 216 g/mol. The van der Waals surface area contributed by atoms with Crippen LogP contribution in [0.5, 0.6) is 0 Å². The third-order valence-corrected chi connectivity index (χ3v) is 2.31. The molecule has 1 N–H and O–H groups in total. The Bertz CT molecular complexity index is 155. The zero-order valence-electron chi connectivity index (χ0n) is 10.00. The van der Waals surface area contributed by atoms with Crippen LogP contribution >= 0.6 is 0 Å². The van der Waals surface area contributed by atoms with Crippen molar-refractivity contribution in [2.75, 3.05) is 6.61 Å². The molecular weight excluding hydrogens is 192 g/mol. The van der Waals surface area contributed by atoms with Crippen molar-refractivity contribution in [1.82, 2.24) is 0 Å². The maximum Gasteiger partial charge on any atom is 0.305 e. The number of hydrogen-bond donors (Lipinski definition) is 1. The summed E-state index contributed by atoms with van der Waals surface area (Å²) >= 11 is 0. The van der Waals surface area contributed by atoms with E-state index in [4.69, 9.17) is 9.84 Å². The molecule has 15 heavy (non-hydrogen) atoms. The number of rotatable bonds is 9. The molecule has 0 heterocycles. The minimum Gasteiger partial charge on any atom is -0.466 e. The third kappa shape index (κ3) is 11.4. The fourth-order valence-electron chi connectivity index (χ4n) is 1.47. The van der Waals surface area contributed by atoms with E-state index in [1.54, 1.807) is 0 Å². The number of aliphatic hydroxyl groups is 1. The Morgan fingerprint density at radius 3 is 2.40 bits per heavy atom. The molecule has 1 unspecified atom stereocenters. The van der Waals surface area contributed by atoms with Crippen molar-refractivity contribution >= 4 is 5.97 Å². The summed E-state index contributed by atoms with van der Waals surface area (Å²) in [5.74, 6) is -0.0820. The SMILES string of the molecule is CCOC(=O)CCCCCCCC(C)O. The molecule has 3 heteroatoms. The lowest BCUT2D eigenvalue weighted by molar-refractivity contribution is -0.143. The van der Waals surface area contributed by atoms with Gasteiger partial charge in [-0.25, -0.2) is 0 Å². The lowest BCUT2D eigenvalue weighted by atomic mass is 10.1. The molecule has 0 radical (unpaired) electrons. The van der Waals surface area contributed by atoms with E-state index in [-0.39, 0.29) is 12.1 Å². The van der Waals surface area contributed by atoms with Gasteiger partial charge in [0.25, 0.3) is 0 Å². The largest absolute Gasteiger partial charge is 0.466 e. The number of carbonyl (C=O) groups is 1. The van der Waals surface area contributed by atoms with Crippen molar-refractivity contribution in [3.63, 3.8) is 0 Å². The Kier molecular flexibility index (Phi) is 9.59. The van der Waals surface area contributed by atoms with Crippen molar-refractivity contribution in [3.8, 4) is 0 Å². The Hall–Kier alpha value is -0.570. The second kappa shape index (κ2) is 9.97. The van der Waals surface area contributed by atoms with Gasteiger partial charge in [-0.15, -0.1) is 0 Å². The van der Waals surface area contributed by atoms with Gasteiger partial charge in [0.2, 0.25) is 0 Å². The summed E-state index contributed by atoms with van der Waals surface area (Å²) in [5, 5.41) is 9.03. The monoisotopic (exact) mass is 216 g/mol. The minimum absolute atomic E-state index is 0.0820. The zero-order valence-corrected chi connectivity index (χ0v) is 10.00. The second-order valence-electron chi connectivity index (χ2n) is 3.96. The standard InChI is InChI=1S/C12H24O3/c1-3-15-12(14)10-8-6-4-5-7-9-11(2)13/h11,13H,3-10H2,1-2H3. The molecule has 0 rings (SSSR count). The van der Waals surface area contributed by atoms with Crippen molar-refractivity contribution in [1.29, 1.82) is 0 Å². The van der Waals surface area contributed by atoms with Gasteiger partial charge in [-0.2, -0.15) is 0 Å². The Morgan fingerprint density at radius 2 is 1.80 bits per heavy atom. The molecule has 0 spiro atoms. The number of carbonyl (C=O) groups excluding carboxylic acids is 1. The minimum atomic E-state index is -0.176. The van der Waals surface area contributed by atoms with Crippen LogP contribution in [0, 0.1) is 0 Å². The maximum atomic E-state index is 11.0. The van der Waals surface area contributed by atoms with E-state index in [1.807, 2.05) is 13.8 Å². The van der Waals surface area contributed by atoms with E-state index < -0.39 is 0 Å². The van der Waals surface area contributed by atoms with E-state index >= 15 is 0 Å². The maximum absolute atomic E-state index is 11.0. The molecule has 90 valence electrons. The van der Waals surface area contributed by atoms with Gasteiger partial charge < -0.3 is 9.84 Å². The van der Waals surface area contributed by atoms with Gasteiger partial charge in [-0.3, -0.25) is 4.79 Å². The highest BCUT2D eigenvalue weighted by molar-refractivity contribution is 5.69. The predicted octanol–water partition coefficient (Wildman–Crippen LogP) is 2.66. The first-order valence-electron chi connectivity index (χ1n) is 6.00. The zero-order chi connectivity index (χ0) is 11.5. The highest BCUT2D eigenvalue weighted by Crippen LogP contribution is 2.08. The number of esters is 1. The molecule has 0 aliphatic carbocycles. The molecule has 0 aliphatic heterocycles. The van der Waals surface area contributed by atoms with E-state index in [2.05, 4.69) is 0 Å². The first-order chi connectivity index (χ1) is 7.16. The molecule has 1 atom stereocenters. The van der Waals surface area contributed by atoms with Crippen LogP contribution in [0.15, 0.2) is 0 Å². The quantitative estimate of drug-likeness (QED) is 0.476. The molecule has 3 nitrogen and oxygen atoms in total. The van der Waals surface area contributed by atoms with Crippen LogP contribution in [0.3, 0.4) is 0 Å². The first-order valence-corrected chi connectivity index (χ1v) is 6.00. The number of unbranched alkanes of at least 4 members (excludes halogenated alkanes) is 4. The van der Waals surface area contributed by atoms with Crippen molar-refractivity contribution < 1.29 is 14.6 Å². The summed E-state index contributed by atoms with van der Waals surface area (Å²) < 4.78 is 4.83. The average Bonchev–Trinajstić information content (AvgIpc) is 2.16. The molecule has 0 fully saturated rings. The van der Waals surface area contributed by atoms with Gasteiger partial charge in [0.05, 0.1) is 12.7 Å². The van der Waals surface area contributed by atoms with Crippen LogP contribution < -0.4 is 0 Å². The molecule has 0 aliphatic rings. The van der Waals surface area contributed by atoms with E-state index in [0.717, 1.165) is 38.5 Å². The van der Waals surface area contributed by atoms with Gasteiger partial charge >= 0.3 is 5.97 Å². The first kappa shape index (κ1) is 14.4. The summed E-state index contributed by atoms with van der Waals surface area (Å²) in [5.41, 5.74) is 0. The van der Waals surface area contributed by atoms with Crippen LogP contribution in [-0.4, -0.2) is 23.8 Å². The molecule has 0 bridgehead atoms. The van der Waals surface area contributed by atoms with Crippen molar-refractivity contribution in [2.24, 2.45) is 0 Å². The normalized spacial score (nSPS) is 12.5. The van der Waals surface area contributed by atoms with Gasteiger partial charge in [-0.05, 0) is 26.7 Å². The summed E-state index contributed by atoms with van der Waals surface area (Å²) in [7, 11) is 0. The molecule has 0 aromatic heterocycles. The van der Waals surface area contributed by atoms with Crippen LogP contribution in [0.4, 0.5) is 0 Å². The van der Waals surface area contributed by atoms with Crippen LogP contribution in [0.1, 0.15) is 58.8 Å². The topological polar surface area (TPSA) is 46.5 Å². The van der Waals surface area contributed by atoms with E-state index in [0.29, 0.717) is 13.0 Å². The number of aliphatic hydroxyl groups excluding tert-OH is 1. The third-order valence-electron chi connectivity index (χ3n) is 2.31. The summed E-state index contributed by atoms with van der Waals surface area (Å²) in [6.45, 7) is 4.13. The predicted molar refractivity (Wildman–Crippen MR) is 60.6 cm³/mol. The lowest BCUT2D eigenvalue weighted by Gasteiger charge is -2.04. The molecule has 0 aromatic carbocycles. The van der Waals surface area contributed by atoms with Crippen molar-refractivity contribution in [3.05, 3.63) is 0 Å². The van der Waals surface area contributed by atoms with Crippen molar-refractivity contribution in [2.45, 2.75) is 64.9 Å². The lowest BCUT2D eigenvalue weighted by Crippen LogP contribution is -2.03. The van der Waals surface area contributed by atoms with Gasteiger partial charge in [0.15, 0.2) is 0 Å². The van der Waals surface area contributed by atoms with Gasteiger partial charge in [-0.1, -0.05) is 25.7 Å². The van der Waals surface area contributed by atoms with Gasteiger partial charge in [0.1, 0.15) is 0 Å². The summed E-state index contributed by atoms with van der Waals surface area (Å²) in [6, 6.07) is 0. The van der Waals surface area contributed by atoms with Crippen LogP contribution in [0.25, 0.3) is 0 Å². The van der Waals surface area contributed by atoms with E-state index in [1.165, 1.54) is 0 Å². The fourth-order valence-corrected chi connectivity index (χ4v) is 1.47. The molecule has 0 saturated carbocycles. The smallest absolute Gasteiger partial charge is 0.305 e. The Labute approximate surface area is 92.8 Å². The highest BCUT2D eigenvalue weighted by atomic mass is 16.5. The summed E-state index contributed by atoms with van der Waals surface area (Å²) in [4.78, 5) is 11.0. The second-order valence-corrected chi connectivity index (χ2v) is 3.96. The van der Waals surface area contributed by atoms with Crippen LogP contribution in [0.2, 0.25) is 0 Å². The Morgan fingerprint density at radius 1 is 1.20 bits per heavy atom. The Balaban J connectivity index is 3.08.